The third-order valence-electron chi connectivity index (χ3n) is 1.98. The zero-order chi connectivity index (χ0) is 10.8. The van der Waals surface area contributed by atoms with Gasteiger partial charge in [-0.1, -0.05) is 0 Å². The minimum atomic E-state index is -0.349. The van der Waals surface area contributed by atoms with Crippen LogP contribution < -0.4 is 0 Å². The molecule has 0 aliphatic heterocycles. The molecule has 15 heavy (non-hydrogen) atoms. The van der Waals surface area contributed by atoms with Crippen LogP contribution in [0.5, 0.6) is 0 Å². The van der Waals surface area contributed by atoms with Crippen molar-refractivity contribution < 1.29 is 9.53 Å². The van der Waals surface area contributed by atoms with Gasteiger partial charge in [0.25, 0.3) is 0 Å². The highest BCUT2D eigenvalue weighted by atomic mass is 79.9. The molecule has 0 aliphatic rings. The molecule has 0 saturated heterocycles. The molecule has 78 valence electrons. The molecule has 0 unspecified atom stereocenters. The standard InChI is InChI=1S/C10H9BrN2O2/c1-2-15-10(14)6-3-8-9(13-4-6)7(11)5-12-8/h3-5,12H,2H2,1H3. The van der Waals surface area contributed by atoms with Crippen LogP contribution in [-0.4, -0.2) is 22.5 Å². The Morgan fingerprint density at radius 3 is 3.20 bits per heavy atom. The summed E-state index contributed by atoms with van der Waals surface area (Å²) in [4.78, 5) is 18.6. The normalized spacial score (nSPS) is 10.5. The number of rotatable bonds is 2. The van der Waals surface area contributed by atoms with Gasteiger partial charge >= 0.3 is 5.97 Å². The van der Waals surface area contributed by atoms with Crippen LogP contribution in [0.3, 0.4) is 0 Å². The second-order valence-corrected chi connectivity index (χ2v) is 3.83. The summed E-state index contributed by atoms with van der Waals surface area (Å²) >= 11 is 3.35. The lowest BCUT2D eigenvalue weighted by atomic mass is 10.2. The average molecular weight is 269 g/mol. The van der Waals surface area contributed by atoms with E-state index >= 15 is 0 Å². The molecule has 0 fully saturated rings. The number of aromatic amines is 1. The molecule has 0 saturated carbocycles. The molecule has 2 heterocycles. The van der Waals surface area contributed by atoms with Crippen LogP contribution in [0.25, 0.3) is 11.0 Å². The fourth-order valence-electron chi connectivity index (χ4n) is 1.30. The minimum Gasteiger partial charge on any atom is -0.462 e. The van der Waals surface area contributed by atoms with E-state index in [-0.39, 0.29) is 5.97 Å². The predicted molar refractivity (Wildman–Crippen MR) is 59.8 cm³/mol. The summed E-state index contributed by atoms with van der Waals surface area (Å²) < 4.78 is 5.76. The van der Waals surface area contributed by atoms with Crippen LogP contribution in [0.2, 0.25) is 0 Å². The van der Waals surface area contributed by atoms with E-state index in [0.717, 1.165) is 15.5 Å². The first-order valence-electron chi connectivity index (χ1n) is 4.52. The molecule has 0 atom stereocenters. The van der Waals surface area contributed by atoms with Crippen LogP contribution in [0.1, 0.15) is 17.3 Å². The lowest BCUT2D eigenvalue weighted by Gasteiger charge is -2.00. The highest BCUT2D eigenvalue weighted by Gasteiger charge is 2.09. The number of hydrogen-bond acceptors (Lipinski definition) is 3. The Hall–Kier alpha value is -1.36. The molecule has 0 spiro atoms. The van der Waals surface area contributed by atoms with Crippen molar-refractivity contribution in [2.24, 2.45) is 0 Å². The van der Waals surface area contributed by atoms with Crippen molar-refractivity contribution in [2.75, 3.05) is 6.61 Å². The monoisotopic (exact) mass is 268 g/mol. The van der Waals surface area contributed by atoms with Crippen LogP contribution in [0, 0.1) is 0 Å². The van der Waals surface area contributed by atoms with Gasteiger partial charge in [0.2, 0.25) is 0 Å². The number of carbonyl (C=O) groups is 1. The Labute approximate surface area is 94.8 Å². The molecule has 0 aliphatic carbocycles. The smallest absolute Gasteiger partial charge is 0.339 e. The van der Waals surface area contributed by atoms with E-state index in [1.807, 2.05) is 0 Å². The number of nitrogens with zero attached hydrogens (tertiary/aromatic N) is 1. The molecular formula is C10H9BrN2O2. The molecule has 2 rings (SSSR count). The van der Waals surface area contributed by atoms with Gasteiger partial charge < -0.3 is 9.72 Å². The minimum absolute atomic E-state index is 0.349. The Balaban J connectivity index is 2.43. The summed E-state index contributed by atoms with van der Waals surface area (Å²) in [6.07, 6.45) is 3.30. The van der Waals surface area contributed by atoms with Gasteiger partial charge in [-0.05, 0) is 28.9 Å². The number of H-pyrrole nitrogens is 1. The van der Waals surface area contributed by atoms with Crippen LogP contribution in [-0.2, 0) is 4.74 Å². The fraction of sp³-hybridized carbons (Fsp3) is 0.200. The fourth-order valence-corrected chi connectivity index (χ4v) is 1.73. The Morgan fingerprint density at radius 1 is 1.67 bits per heavy atom. The van der Waals surface area contributed by atoms with Crippen molar-refractivity contribution in [1.82, 2.24) is 9.97 Å². The highest BCUT2D eigenvalue weighted by Crippen LogP contribution is 2.21. The van der Waals surface area contributed by atoms with E-state index in [9.17, 15) is 4.79 Å². The first-order chi connectivity index (χ1) is 7.22. The van der Waals surface area contributed by atoms with Crippen molar-refractivity contribution >= 4 is 32.9 Å². The molecule has 0 amide bonds. The molecule has 5 heteroatoms. The zero-order valence-electron chi connectivity index (χ0n) is 8.08. The topological polar surface area (TPSA) is 55.0 Å². The van der Waals surface area contributed by atoms with Crippen molar-refractivity contribution in [3.63, 3.8) is 0 Å². The highest BCUT2D eigenvalue weighted by molar-refractivity contribution is 9.10. The summed E-state index contributed by atoms with van der Waals surface area (Å²) in [7, 11) is 0. The van der Waals surface area contributed by atoms with Gasteiger partial charge in [-0.3, -0.25) is 4.98 Å². The van der Waals surface area contributed by atoms with E-state index < -0.39 is 0 Å². The van der Waals surface area contributed by atoms with Crippen LogP contribution in [0.15, 0.2) is 22.9 Å². The molecule has 4 nitrogen and oxygen atoms in total. The second kappa shape index (κ2) is 4.02. The average Bonchev–Trinajstić information content (AvgIpc) is 2.60. The van der Waals surface area contributed by atoms with Crippen LogP contribution in [0.4, 0.5) is 0 Å². The summed E-state index contributed by atoms with van der Waals surface area (Å²) in [5.41, 5.74) is 2.08. The van der Waals surface area contributed by atoms with E-state index in [2.05, 4.69) is 25.9 Å². The number of carbonyl (C=O) groups excluding carboxylic acids is 1. The number of halogens is 1. The van der Waals surface area contributed by atoms with Crippen molar-refractivity contribution in [2.45, 2.75) is 6.92 Å². The first-order valence-corrected chi connectivity index (χ1v) is 5.31. The number of pyridine rings is 1. The quantitative estimate of drug-likeness (QED) is 0.852. The third kappa shape index (κ3) is 1.87. The van der Waals surface area contributed by atoms with Crippen molar-refractivity contribution in [1.29, 1.82) is 0 Å². The maximum absolute atomic E-state index is 11.4. The molecule has 0 bridgehead atoms. The maximum Gasteiger partial charge on any atom is 0.339 e. The lowest BCUT2D eigenvalue weighted by molar-refractivity contribution is 0.0526. The Morgan fingerprint density at radius 2 is 2.47 bits per heavy atom. The lowest BCUT2D eigenvalue weighted by Crippen LogP contribution is -2.04. The summed E-state index contributed by atoms with van der Waals surface area (Å²) in [6.45, 7) is 2.14. The number of esters is 1. The van der Waals surface area contributed by atoms with Gasteiger partial charge in [-0.25, -0.2) is 4.79 Å². The van der Waals surface area contributed by atoms with Gasteiger partial charge in [-0.15, -0.1) is 0 Å². The van der Waals surface area contributed by atoms with E-state index in [4.69, 9.17) is 4.74 Å². The predicted octanol–water partition coefficient (Wildman–Crippen LogP) is 2.50. The SMILES string of the molecule is CCOC(=O)c1cnc2c(Br)c[nH]c2c1. The van der Waals surface area contributed by atoms with Gasteiger partial charge in [-0.2, -0.15) is 0 Å². The second-order valence-electron chi connectivity index (χ2n) is 2.98. The van der Waals surface area contributed by atoms with Gasteiger partial charge in [0, 0.05) is 12.4 Å². The summed E-state index contributed by atoms with van der Waals surface area (Å²) in [6, 6.07) is 1.73. The Kier molecular flexibility index (Phi) is 2.73. The molecule has 0 aromatic carbocycles. The first kappa shape index (κ1) is 10.2. The number of ether oxygens (including phenoxy) is 1. The maximum atomic E-state index is 11.4. The molecular weight excluding hydrogens is 260 g/mol. The van der Waals surface area contributed by atoms with Crippen molar-refractivity contribution in [3.05, 3.63) is 28.5 Å². The molecule has 2 aromatic rings. The molecule has 0 radical (unpaired) electrons. The molecule has 2 aromatic heterocycles. The number of nitrogens with one attached hydrogen (secondary N) is 1. The zero-order valence-corrected chi connectivity index (χ0v) is 9.67. The Bertz CT molecular complexity index is 507. The van der Waals surface area contributed by atoms with Crippen molar-refractivity contribution in [3.8, 4) is 0 Å². The van der Waals surface area contributed by atoms with E-state index in [1.165, 1.54) is 6.20 Å². The van der Waals surface area contributed by atoms with Gasteiger partial charge in [0.1, 0.15) is 5.52 Å². The number of fused-ring (bicyclic) bond motifs is 1. The van der Waals surface area contributed by atoms with Crippen LogP contribution >= 0.6 is 15.9 Å². The van der Waals surface area contributed by atoms with Gasteiger partial charge in [0.15, 0.2) is 0 Å². The largest absolute Gasteiger partial charge is 0.462 e. The molecule has 1 N–H and O–H groups in total. The van der Waals surface area contributed by atoms with E-state index in [0.29, 0.717) is 12.2 Å². The number of aromatic nitrogens is 2. The third-order valence-corrected chi connectivity index (χ3v) is 2.58. The summed E-state index contributed by atoms with van der Waals surface area (Å²) in [5, 5.41) is 0. The summed E-state index contributed by atoms with van der Waals surface area (Å²) in [5.74, 6) is -0.349. The van der Waals surface area contributed by atoms with E-state index in [1.54, 1.807) is 19.2 Å². The van der Waals surface area contributed by atoms with Gasteiger partial charge in [0.05, 0.1) is 22.2 Å². The number of hydrogen-bond donors (Lipinski definition) is 1.